The van der Waals surface area contributed by atoms with Crippen LogP contribution in [-0.2, 0) is 7.05 Å². The number of aromatic amines is 1. The van der Waals surface area contributed by atoms with Crippen LogP contribution in [0.4, 0.5) is 11.8 Å². The summed E-state index contributed by atoms with van der Waals surface area (Å²) in [5.74, 6) is 1.76. The van der Waals surface area contributed by atoms with Crippen LogP contribution in [-0.4, -0.2) is 45.9 Å². The molecule has 1 saturated heterocycles. The Labute approximate surface area is 133 Å². The first-order chi connectivity index (χ1) is 11.2. The van der Waals surface area contributed by atoms with E-state index in [9.17, 15) is 4.79 Å². The molecule has 1 fully saturated rings. The van der Waals surface area contributed by atoms with Gasteiger partial charge in [-0.2, -0.15) is 5.10 Å². The number of hydrogen-bond acceptors (Lipinski definition) is 5. The van der Waals surface area contributed by atoms with Gasteiger partial charge in [0.1, 0.15) is 5.82 Å². The number of H-pyrrole nitrogens is 1. The molecule has 23 heavy (non-hydrogen) atoms. The number of nitrogens with zero attached hydrogens (tertiary/aromatic N) is 5. The van der Waals surface area contributed by atoms with E-state index in [1.54, 1.807) is 19.2 Å². The summed E-state index contributed by atoms with van der Waals surface area (Å²) in [5.41, 5.74) is 1.96. The zero-order chi connectivity index (χ0) is 15.8. The lowest BCUT2D eigenvalue weighted by Crippen LogP contribution is -2.47. The molecular weight excluding hydrogens is 292 g/mol. The largest absolute Gasteiger partial charge is 0.352 e. The minimum absolute atomic E-state index is 0.0883. The summed E-state index contributed by atoms with van der Waals surface area (Å²) in [6.45, 7) is 3.43. The third-order valence-electron chi connectivity index (χ3n) is 4.23. The van der Waals surface area contributed by atoms with Gasteiger partial charge in [0, 0.05) is 39.3 Å². The molecule has 0 unspecified atom stereocenters. The van der Waals surface area contributed by atoms with Gasteiger partial charge in [0.2, 0.25) is 5.95 Å². The highest BCUT2D eigenvalue weighted by Gasteiger charge is 2.20. The van der Waals surface area contributed by atoms with Gasteiger partial charge >= 0.3 is 0 Å². The zero-order valence-electron chi connectivity index (χ0n) is 12.9. The number of fused-ring (bicyclic) bond motifs is 1. The molecule has 1 aliphatic heterocycles. The minimum atomic E-state index is -0.0883. The number of anilines is 2. The van der Waals surface area contributed by atoms with Crippen molar-refractivity contribution in [3.63, 3.8) is 0 Å². The van der Waals surface area contributed by atoms with Crippen molar-refractivity contribution in [3.8, 4) is 0 Å². The van der Waals surface area contributed by atoms with Gasteiger partial charge in [-0.05, 0) is 18.2 Å². The summed E-state index contributed by atoms with van der Waals surface area (Å²) in [4.78, 5) is 23.9. The lowest BCUT2D eigenvalue weighted by molar-refractivity contribution is 0.617. The second-order valence-electron chi connectivity index (χ2n) is 5.71. The molecule has 1 aromatic carbocycles. The van der Waals surface area contributed by atoms with Crippen LogP contribution in [0.15, 0.2) is 41.2 Å². The van der Waals surface area contributed by atoms with Gasteiger partial charge in [0.15, 0.2) is 0 Å². The van der Waals surface area contributed by atoms with Gasteiger partial charge in [-0.25, -0.2) is 9.67 Å². The molecule has 0 amide bonds. The Hall–Kier alpha value is -2.83. The third-order valence-corrected chi connectivity index (χ3v) is 4.23. The van der Waals surface area contributed by atoms with E-state index in [1.165, 1.54) is 4.68 Å². The Balaban J connectivity index is 1.50. The predicted octanol–water partition coefficient (Wildman–Crippen LogP) is 0.983. The third kappa shape index (κ3) is 2.54. The molecule has 0 atom stereocenters. The van der Waals surface area contributed by atoms with Crippen LogP contribution in [0.25, 0.3) is 11.0 Å². The first-order valence-electron chi connectivity index (χ1n) is 7.70. The summed E-state index contributed by atoms with van der Waals surface area (Å²) in [6.07, 6.45) is 0. The van der Waals surface area contributed by atoms with Crippen molar-refractivity contribution in [2.75, 3.05) is 36.0 Å². The van der Waals surface area contributed by atoms with Gasteiger partial charge in [-0.3, -0.25) is 4.79 Å². The van der Waals surface area contributed by atoms with Crippen molar-refractivity contribution >= 4 is 22.8 Å². The van der Waals surface area contributed by atoms with Crippen molar-refractivity contribution in [1.82, 2.24) is 19.7 Å². The molecule has 3 heterocycles. The van der Waals surface area contributed by atoms with Gasteiger partial charge in [0.05, 0.1) is 11.0 Å². The van der Waals surface area contributed by atoms with E-state index >= 15 is 0 Å². The molecule has 0 aliphatic carbocycles. The highest BCUT2D eigenvalue weighted by Crippen LogP contribution is 2.19. The molecule has 7 heteroatoms. The van der Waals surface area contributed by atoms with E-state index in [4.69, 9.17) is 0 Å². The summed E-state index contributed by atoms with van der Waals surface area (Å²) in [5, 5.41) is 4.32. The molecule has 118 valence electrons. The van der Waals surface area contributed by atoms with Crippen LogP contribution in [0.3, 0.4) is 0 Å². The molecule has 0 radical (unpaired) electrons. The highest BCUT2D eigenvalue weighted by atomic mass is 16.1. The van der Waals surface area contributed by atoms with Crippen LogP contribution in [0.1, 0.15) is 0 Å². The molecule has 0 saturated carbocycles. The Morgan fingerprint density at radius 1 is 1.00 bits per heavy atom. The molecule has 0 bridgehead atoms. The maximum absolute atomic E-state index is 11.4. The van der Waals surface area contributed by atoms with Crippen LogP contribution >= 0.6 is 0 Å². The van der Waals surface area contributed by atoms with Crippen molar-refractivity contribution in [1.29, 1.82) is 0 Å². The summed E-state index contributed by atoms with van der Waals surface area (Å²) in [6, 6.07) is 11.4. The molecule has 4 rings (SSSR count). The van der Waals surface area contributed by atoms with Crippen molar-refractivity contribution < 1.29 is 0 Å². The number of rotatable bonds is 2. The summed E-state index contributed by atoms with van der Waals surface area (Å²) in [7, 11) is 1.68. The Morgan fingerprint density at radius 2 is 1.74 bits per heavy atom. The SMILES string of the molecule is Cn1nc(N2CCN(c3nc4ccccc4[nH]3)CC2)ccc1=O. The maximum Gasteiger partial charge on any atom is 0.266 e. The molecular formula is C16H18N6O. The fraction of sp³-hybridized carbons (Fsp3) is 0.312. The van der Waals surface area contributed by atoms with Crippen LogP contribution < -0.4 is 15.4 Å². The molecule has 1 aliphatic rings. The van der Waals surface area contributed by atoms with Gasteiger partial charge in [-0.15, -0.1) is 0 Å². The van der Waals surface area contributed by atoms with Crippen LogP contribution in [0.2, 0.25) is 0 Å². The minimum Gasteiger partial charge on any atom is -0.352 e. The van der Waals surface area contributed by atoms with E-state index < -0.39 is 0 Å². The molecule has 0 spiro atoms. The fourth-order valence-electron chi connectivity index (χ4n) is 2.90. The monoisotopic (exact) mass is 310 g/mol. The standard InChI is InChI=1S/C16H18N6O/c1-20-15(23)7-6-14(19-20)21-8-10-22(11-9-21)16-17-12-4-2-3-5-13(12)18-16/h2-7H,8-11H2,1H3,(H,17,18). The molecule has 1 N–H and O–H groups in total. The van der Waals surface area contributed by atoms with Crippen molar-refractivity contribution in [2.45, 2.75) is 0 Å². The number of imidazole rings is 1. The van der Waals surface area contributed by atoms with Gasteiger partial charge in [-0.1, -0.05) is 12.1 Å². The van der Waals surface area contributed by atoms with E-state index in [-0.39, 0.29) is 5.56 Å². The number of aromatic nitrogens is 4. The average Bonchev–Trinajstić information content (AvgIpc) is 3.02. The Bertz CT molecular complexity index is 858. The number of hydrogen-bond donors (Lipinski definition) is 1. The molecule has 7 nitrogen and oxygen atoms in total. The van der Waals surface area contributed by atoms with E-state index in [0.29, 0.717) is 0 Å². The zero-order valence-corrected chi connectivity index (χ0v) is 12.9. The first kappa shape index (κ1) is 13.8. The van der Waals surface area contributed by atoms with E-state index in [1.807, 2.05) is 24.3 Å². The second-order valence-corrected chi connectivity index (χ2v) is 5.71. The normalized spacial score (nSPS) is 15.3. The molecule has 3 aromatic rings. The van der Waals surface area contributed by atoms with Crippen LogP contribution in [0.5, 0.6) is 0 Å². The lowest BCUT2D eigenvalue weighted by atomic mass is 10.3. The lowest BCUT2D eigenvalue weighted by Gasteiger charge is -2.35. The predicted molar refractivity (Wildman–Crippen MR) is 90.0 cm³/mol. The Kier molecular flexibility index (Phi) is 3.25. The quantitative estimate of drug-likeness (QED) is 0.764. The number of nitrogens with one attached hydrogen (secondary N) is 1. The smallest absolute Gasteiger partial charge is 0.266 e. The van der Waals surface area contributed by atoms with E-state index in [0.717, 1.165) is 49.0 Å². The van der Waals surface area contributed by atoms with Gasteiger partial charge < -0.3 is 14.8 Å². The number of benzene rings is 1. The summed E-state index contributed by atoms with van der Waals surface area (Å²) >= 11 is 0. The number of para-hydroxylation sites is 2. The van der Waals surface area contributed by atoms with Gasteiger partial charge in [0.25, 0.3) is 5.56 Å². The van der Waals surface area contributed by atoms with Crippen LogP contribution in [0, 0.1) is 0 Å². The van der Waals surface area contributed by atoms with Crippen molar-refractivity contribution in [3.05, 3.63) is 46.8 Å². The number of aryl methyl sites for hydroxylation is 1. The van der Waals surface area contributed by atoms with Crippen molar-refractivity contribution in [2.24, 2.45) is 7.05 Å². The van der Waals surface area contributed by atoms with E-state index in [2.05, 4.69) is 24.9 Å². The average molecular weight is 310 g/mol. The highest BCUT2D eigenvalue weighted by molar-refractivity contribution is 5.77. The molecule has 2 aromatic heterocycles. The summed E-state index contributed by atoms with van der Waals surface area (Å²) < 4.78 is 1.38. The number of piperazine rings is 1. The maximum atomic E-state index is 11.4. The first-order valence-corrected chi connectivity index (χ1v) is 7.70. The topological polar surface area (TPSA) is 70.1 Å². The fourth-order valence-corrected chi connectivity index (χ4v) is 2.90. The Morgan fingerprint density at radius 3 is 2.48 bits per heavy atom. The second kappa shape index (κ2) is 5.42.